The van der Waals surface area contributed by atoms with E-state index in [1.807, 2.05) is 20.8 Å². The van der Waals surface area contributed by atoms with Crippen molar-refractivity contribution < 1.29 is 4.79 Å². The number of anilines is 1. The van der Waals surface area contributed by atoms with Crippen LogP contribution in [0.4, 0.5) is 5.69 Å². The van der Waals surface area contributed by atoms with Crippen LogP contribution in [0.3, 0.4) is 0 Å². The molecule has 2 aromatic rings. The summed E-state index contributed by atoms with van der Waals surface area (Å²) in [5.41, 5.74) is 0.298. The summed E-state index contributed by atoms with van der Waals surface area (Å²) in [4.78, 5) is 29.2. The van der Waals surface area contributed by atoms with Gasteiger partial charge >= 0.3 is 0 Å². The lowest BCUT2D eigenvalue weighted by Crippen LogP contribution is -2.44. The molecule has 0 saturated carbocycles. The summed E-state index contributed by atoms with van der Waals surface area (Å²) < 4.78 is 1.35. The third-order valence-electron chi connectivity index (χ3n) is 3.22. The number of hydrogen-bond donors (Lipinski definition) is 2. The molecule has 6 nitrogen and oxygen atoms in total. The van der Waals surface area contributed by atoms with Crippen molar-refractivity contribution in [2.75, 3.05) is 12.4 Å². The van der Waals surface area contributed by atoms with Crippen molar-refractivity contribution in [1.29, 1.82) is 0 Å². The number of nitrogens with zero attached hydrogens (tertiary/aromatic N) is 2. The molecule has 2 rings (SSSR count). The van der Waals surface area contributed by atoms with Gasteiger partial charge in [-0.2, -0.15) is 0 Å². The number of rotatable bonds is 4. The quantitative estimate of drug-likeness (QED) is 0.890. The van der Waals surface area contributed by atoms with Gasteiger partial charge in [-0.15, -0.1) is 0 Å². The number of benzene rings is 1. The van der Waals surface area contributed by atoms with Crippen LogP contribution in [-0.2, 0) is 11.3 Å². The highest BCUT2D eigenvalue weighted by Gasteiger charge is 2.18. The van der Waals surface area contributed by atoms with Crippen LogP contribution in [0.1, 0.15) is 20.8 Å². The Kier molecular flexibility index (Phi) is 5.29. The molecule has 1 amide bonds. The standard InChI is InChI=1S/C17H21ClN4O2/c1-17(2,3)21-14(23)10-22-15(11-6-5-7-12(18)8-11)20-9-13(19-4)16(22)24/h5-9,19H,10H2,1-4H3,(H,21,23). The van der Waals surface area contributed by atoms with Crippen LogP contribution in [0.2, 0.25) is 5.02 Å². The molecule has 1 aromatic carbocycles. The van der Waals surface area contributed by atoms with Gasteiger partial charge in [-0.05, 0) is 32.9 Å². The van der Waals surface area contributed by atoms with E-state index < -0.39 is 0 Å². The van der Waals surface area contributed by atoms with E-state index in [2.05, 4.69) is 15.6 Å². The Morgan fingerprint density at radius 1 is 1.33 bits per heavy atom. The topological polar surface area (TPSA) is 76.0 Å². The van der Waals surface area contributed by atoms with Gasteiger partial charge in [-0.25, -0.2) is 4.98 Å². The van der Waals surface area contributed by atoms with E-state index in [1.54, 1.807) is 31.3 Å². The number of halogens is 1. The van der Waals surface area contributed by atoms with Crippen LogP contribution >= 0.6 is 11.6 Å². The Morgan fingerprint density at radius 2 is 2.04 bits per heavy atom. The second-order valence-corrected chi connectivity index (χ2v) is 6.88. The molecular weight excluding hydrogens is 328 g/mol. The Hall–Kier alpha value is -2.34. The van der Waals surface area contributed by atoms with E-state index in [4.69, 9.17) is 11.6 Å². The molecule has 0 unspecified atom stereocenters. The van der Waals surface area contributed by atoms with Crippen molar-refractivity contribution in [3.8, 4) is 11.4 Å². The molecule has 0 saturated heterocycles. The minimum atomic E-state index is -0.384. The predicted octanol–water partition coefficient (Wildman–Crippen LogP) is 2.52. The number of nitrogens with one attached hydrogen (secondary N) is 2. The maximum absolute atomic E-state index is 12.6. The van der Waals surface area contributed by atoms with Crippen molar-refractivity contribution in [2.24, 2.45) is 0 Å². The van der Waals surface area contributed by atoms with E-state index in [-0.39, 0.29) is 23.6 Å². The molecule has 24 heavy (non-hydrogen) atoms. The summed E-state index contributed by atoms with van der Waals surface area (Å²) in [5.74, 6) is 0.133. The van der Waals surface area contributed by atoms with Crippen molar-refractivity contribution in [1.82, 2.24) is 14.9 Å². The highest BCUT2D eigenvalue weighted by Crippen LogP contribution is 2.20. The molecule has 0 aliphatic rings. The van der Waals surface area contributed by atoms with Gasteiger partial charge in [0.2, 0.25) is 5.91 Å². The van der Waals surface area contributed by atoms with Crippen LogP contribution in [0.25, 0.3) is 11.4 Å². The number of hydrogen-bond acceptors (Lipinski definition) is 4. The average Bonchev–Trinajstić information content (AvgIpc) is 2.47. The molecule has 1 heterocycles. The monoisotopic (exact) mass is 348 g/mol. The second-order valence-electron chi connectivity index (χ2n) is 6.45. The molecule has 0 spiro atoms. The summed E-state index contributed by atoms with van der Waals surface area (Å²) in [5, 5.41) is 6.18. The van der Waals surface area contributed by atoms with Crippen molar-refractivity contribution >= 4 is 23.2 Å². The number of aromatic nitrogens is 2. The summed E-state index contributed by atoms with van der Waals surface area (Å²) in [6.45, 7) is 5.52. The lowest BCUT2D eigenvalue weighted by Gasteiger charge is -2.21. The molecule has 0 aliphatic heterocycles. The fourth-order valence-electron chi connectivity index (χ4n) is 2.27. The molecule has 0 radical (unpaired) electrons. The molecule has 1 aromatic heterocycles. The van der Waals surface area contributed by atoms with Crippen LogP contribution in [0.5, 0.6) is 0 Å². The third-order valence-corrected chi connectivity index (χ3v) is 3.45. The van der Waals surface area contributed by atoms with Crippen molar-refractivity contribution in [3.63, 3.8) is 0 Å². The van der Waals surface area contributed by atoms with E-state index in [1.165, 1.54) is 10.8 Å². The zero-order valence-electron chi connectivity index (χ0n) is 14.2. The fraction of sp³-hybridized carbons (Fsp3) is 0.353. The largest absolute Gasteiger partial charge is 0.382 e. The first-order valence-electron chi connectivity index (χ1n) is 7.56. The lowest BCUT2D eigenvalue weighted by molar-refractivity contribution is -0.123. The molecule has 0 aliphatic carbocycles. The van der Waals surface area contributed by atoms with E-state index >= 15 is 0 Å². The molecule has 128 valence electrons. The van der Waals surface area contributed by atoms with E-state index in [9.17, 15) is 9.59 Å². The Labute approximate surface area is 145 Å². The molecular formula is C17H21ClN4O2. The number of carbonyl (C=O) groups excluding carboxylic acids is 1. The van der Waals surface area contributed by atoms with Gasteiger partial charge in [0.05, 0.1) is 6.20 Å². The van der Waals surface area contributed by atoms with Gasteiger partial charge < -0.3 is 10.6 Å². The van der Waals surface area contributed by atoms with E-state index in [0.717, 1.165) is 0 Å². The molecule has 7 heteroatoms. The Morgan fingerprint density at radius 3 is 2.62 bits per heavy atom. The minimum absolute atomic E-state index is 0.125. The van der Waals surface area contributed by atoms with Crippen LogP contribution in [0.15, 0.2) is 35.3 Å². The number of amides is 1. The minimum Gasteiger partial charge on any atom is -0.382 e. The average molecular weight is 349 g/mol. The fourth-order valence-corrected chi connectivity index (χ4v) is 2.46. The van der Waals surface area contributed by atoms with Gasteiger partial charge in [-0.1, -0.05) is 23.7 Å². The van der Waals surface area contributed by atoms with Gasteiger partial charge in [0.15, 0.2) is 0 Å². The van der Waals surface area contributed by atoms with Crippen molar-refractivity contribution in [3.05, 3.63) is 45.8 Å². The zero-order chi connectivity index (χ0) is 17.9. The SMILES string of the molecule is CNc1cnc(-c2cccc(Cl)c2)n(CC(=O)NC(C)(C)C)c1=O. The molecule has 0 fully saturated rings. The summed E-state index contributed by atoms with van der Waals surface area (Å²) in [6, 6.07) is 7.02. The Bertz CT molecular complexity index is 809. The first kappa shape index (κ1) is 18.0. The highest BCUT2D eigenvalue weighted by molar-refractivity contribution is 6.30. The zero-order valence-corrected chi connectivity index (χ0v) is 14.9. The third kappa shape index (κ3) is 4.35. The van der Waals surface area contributed by atoms with Crippen LogP contribution in [-0.4, -0.2) is 28.0 Å². The summed E-state index contributed by atoms with van der Waals surface area (Å²) in [7, 11) is 1.64. The first-order valence-corrected chi connectivity index (χ1v) is 7.93. The maximum atomic E-state index is 12.6. The molecule has 0 atom stereocenters. The van der Waals surface area contributed by atoms with Crippen LogP contribution in [0, 0.1) is 0 Å². The van der Waals surface area contributed by atoms with E-state index in [0.29, 0.717) is 22.1 Å². The van der Waals surface area contributed by atoms with Gasteiger partial charge in [0, 0.05) is 23.2 Å². The first-order chi connectivity index (χ1) is 11.2. The highest BCUT2D eigenvalue weighted by atomic mass is 35.5. The second kappa shape index (κ2) is 7.05. The van der Waals surface area contributed by atoms with Crippen molar-refractivity contribution in [2.45, 2.75) is 32.9 Å². The Balaban J connectivity index is 2.51. The maximum Gasteiger partial charge on any atom is 0.277 e. The number of carbonyl (C=O) groups is 1. The summed E-state index contributed by atoms with van der Waals surface area (Å²) in [6.07, 6.45) is 1.46. The van der Waals surface area contributed by atoms with Gasteiger partial charge in [0.25, 0.3) is 5.56 Å². The predicted molar refractivity (Wildman–Crippen MR) is 96.4 cm³/mol. The summed E-state index contributed by atoms with van der Waals surface area (Å²) >= 11 is 6.03. The van der Waals surface area contributed by atoms with Gasteiger partial charge in [0.1, 0.15) is 18.1 Å². The normalized spacial score (nSPS) is 11.2. The molecule has 0 bridgehead atoms. The van der Waals surface area contributed by atoms with Crippen LogP contribution < -0.4 is 16.2 Å². The van der Waals surface area contributed by atoms with Gasteiger partial charge in [-0.3, -0.25) is 14.2 Å². The lowest BCUT2D eigenvalue weighted by atomic mass is 10.1. The molecule has 2 N–H and O–H groups in total. The smallest absolute Gasteiger partial charge is 0.277 e.